The summed E-state index contributed by atoms with van der Waals surface area (Å²) >= 11 is 0. The summed E-state index contributed by atoms with van der Waals surface area (Å²) < 4.78 is 17.5. The fourth-order valence-electron chi connectivity index (χ4n) is 5.07. The molecule has 0 amide bonds. The molecule has 8 heteroatoms. The van der Waals surface area contributed by atoms with Crippen molar-refractivity contribution in [1.82, 2.24) is 4.98 Å². The molecule has 2 aromatic rings. The Bertz CT molecular complexity index is 1030. The maximum Gasteiger partial charge on any atom is 0.308 e. The number of nitrogens with zero attached hydrogens (tertiary/aromatic N) is 2. The Labute approximate surface area is 210 Å². The SMILES string of the molecule is COC(=O)[C@H]1CC[C@H](c2nc3cc(N4CCC(CO[Si](C)(C)C(C)(C)C)CC4)c(N)cc3o2)CC1. The summed E-state index contributed by atoms with van der Waals surface area (Å²) in [6.07, 6.45) is 5.63. The van der Waals surface area contributed by atoms with Gasteiger partial charge in [0.05, 0.1) is 24.4 Å². The van der Waals surface area contributed by atoms with Crippen LogP contribution in [-0.4, -0.2) is 46.1 Å². The molecule has 0 atom stereocenters. The summed E-state index contributed by atoms with van der Waals surface area (Å²) in [5.41, 5.74) is 9.87. The second-order valence-corrected chi connectivity index (χ2v) is 16.8. The van der Waals surface area contributed by atoms with Crippen LogP contribution in [0.25, 0.3) is 11.1 Å². The number of rotatable bonds is 6. The summed E-state index contributed by atoms with van der Waals surface area (Å²) in [5.74, 6) is 1.50. The number of oxazole rings is 1. The quantitative estimate of drug-likeness (QED) is 0.291. The molecule has 2 fully saturated rings. The minimum absolute atomic E-state index is 0.00178. The van der Waals surface area contributed by atoms with Gasteiger partial charge in [-0.15, -0.1) is 0 Å². The van der Waals surface area contributed by atoms with Crippen molar-refractivity contribution in [2.45, 2.75) is 83.3 Å². The van der Waals surface area contributed by atoms with Gasteiger partial charge in [0.1, 0.15) is 5.52 Å². The number of esters is 1. The molecule has 1 saturated heterocycles. The van der Waals surface area contributed by atoms with E-state index < -0.39 is 8.32 Å². The first kappa shape index (κ1) is 26.0. The number of methoxy groups -OCH3 is 1. The standard InChI is InChI=1S/C27H43N3O4Si/c1-27(2,3)35(5,6)33-17-18-11-13-30(14-12-18)23-16-22-24(15-21(23)28)34-25(29-22)19-7-9-20(10-8-19)26(31)32-4/h15-16,18-20H,7-14,17,28H2,1-6H3/t19-,20-. The van der Waals surface area contributed by atoms with Crippen molar-refractivity contribution in [3.05, 3.63) is 18.0 Å². The van der Waals surface area contributed by atoms with Gasteiger partial charge in [0, 0.05) is 31.7 Å². The summed E-state index contributed by atoms with van der Waals surface area (Å²) in [4.78, 5) is 19.1. The molecule has 35 heavy (non-hydrogen) atoms. The van der Waals surface area contributed by atoms with Gasteiger partial charge in [-0.05, 0) is 68.6 Å². The van der Waals surface area contributed by atoms with E-state index >= 15 is 0 Å². The molecule has 0 bridgehead atoms. The summed E-state index contributed by atoms with van der Waals surface area (Å²) in [6.45, 7) is 14.4. The Kier molecular flexibility index (Phi) is 7.53. The predicted molar refractivity (Wildman–Crippen MR) is 143 cm³/mol. The summed E-state index contributed by atoms with van der Waals surface area (Å²) in [7, 11) is -0.247. The van der Waals surface area contributed by atoms with Crippen LogP contribution in [0.15, 0.2) is 16.5 Å². The maximum absolute atomic E-state index is 11.8. The highest BCUT2D eigenvalue weighted by Crippen LogP contribution is 2.40. The molecule has 0 radical (unpaired) electrons. The molecule has 2 heterocycles. The lowest BCUT2D eigenvalue weighted by Crippen LogP contribution is -2.43. The molecule has 4 rings (SSSR count). The van der Waals surface area contributed by atoms with Crippen LogP contribution < -0.4 is 10.6 Å². The highest BCUT2D eigenvalue weighted by molar-refractivity contribution is 6.74. The van der Waals surface area contributed by atoms with Gasteiger partial charge >= 0.3 is 5.97 Å². The lowest BCUT2D eigenvalue weighted by molar-refractivity contribution is -0.146. The smallest absolute Gasteiger partial charge is 0.308 e. The van der Waals surface area contributed by atoms with Crippen molar-refractivity contribution in [3.8, 4) is 0 Å². The second kappa shape index (κ2) is 10.1. The van der Waals surface area contributed by atoms with Gasteiger partial charge in [0.15, 0.2) is 19.8 Å². The molecule has 2 N–H and O–H groups in total. The molecule has 1 saturated carbocycles. The number of hydrogen-bond donors (Lipinski definition) is 1. The Hall–Kier alpha value is -2.06. The number of fused-ring (bicyclic) bond motifs is 1. The first-order valence-electron chi connectivity index (χ1n) is 13.1. The van der Waals surface area contributed by atoms with Crippen LogP contribution >= 0.6 is 0 Å². The van der Waals surface area contributed by atoms with Crippen LogP contribution in [0.4, 0.5) is 11.4 Å². The number of nitrogens with two attached hydrogens (primary N) is 1. The van der Waals surface area contributed by atoms with Crippen molar-refractivity contribution in [1.29, 1.82) is 0 Å². The molecule has 1 aliphatic carbocycles. The second-order valence-electron chi connectivity index (χ2n) is 12.0. The van der Waals surface area contributed by atoms with E-state index in [1.54, 1.807) is 0 Å². The number of carbonyl (C=O) groups is 1. The Morgan fingerprint density at radius 1 is 1.14 bits per heavy atom. The van der Waals surface area contributed by atoms with Gasteiger partial charge in [-0.1, -0.05) is 20.8 Å². The number of hydrogen-bond acceptors (Lipinski definition) is 7. The zero-order chi connectivity index (χ0) is 25.4. The molecule has 1 aromatic carbocycles. The molecule has 194 valence electrons. The van der Waals surface area contributed by atoms with Crippen LogP contribution in [0.3, 0.4) is 0 Å². The zero-order valence-corrected chi connectivity index (χ0v) is 23.4. The van der Waals surface area contributed by atoms with E-state index in [4.69, 9.17) is 24.3 Å². The number of ether oxygens (including phenoxy) is 1. The monoisotopic (exact) mass is 501 g/mol. The summed E-state index contributed by atoms with van der Waals surface area (Å²) in [6, 6.07) is 4.01. The van der Waals surface area contributed by atoms with E-state index in [2.05, 4.69) is 44.8 Å². The third-order valence-electron chi connectivity index (χ3n) is 8.61. The average Bonchev–Trinajstić information content (AvgIpc) is 3.24. The minimum Gasteiger partial charge on any atom is -0.469 e. The van der Waals surface area contributed by atoms with E-state index in [9.17, 15) is 4.79 Å². The van der Waals surface area contributed by atoms with Crippen LogP contribution in [0.1, 0.15) is 71.1 Å². The van der Waals surface area contributed by atoms with Gasteiger partial charge in [-0.2, -0.15) is 0 Å². The van der Waals surface area contributed by atoms with Crippen LogP contribution in [0.5, 0.6) is 0 Å². The Morgan fingerprint density at radius 3 is 2.40 bits per heavy atom. The fourth-order valence-corrected chi connectivity index (χ4v) is 6.16. The van der Waals surface area contributed by atoms with Gasteiger partial charge < -0.3 is 24.2 Å². The van der Waals surface area contributed by atoms with E-state index in [1.807, 2.05) is 6.07 Å². The lowest BCUT2D eigenvalue weighted by Gasteiger charge is -2.39. The highest BCUT2D eigenvalue weighted by atomic mass is 28.4. The Morgan fingerprint density at radius 2 is 1.80 bits per heavy atom. The first-order chi connectivity index (χ1) is 16.5. The maximum atomic E-state index is 11.8. The van der Waals surface area contributed by atoms with E-state index in [0.717, 1.165) is 86.6 Å². The molecular formula is C27H43N3O4Si. The van der Waals surface area contributed by atoms with Gasteiger partial charge in [-0.3, -0.25) is 4.79 Å². The normalized spacial score (nSPS) is 22.5. The number of anilines is 2. The number of piperidine rings is 1. The zero-order valence-electron chi connectivity index (χ0n) is 22.4. The molecule has 1 aliphatic heterocycles. The molecule has 7 nitrogen and oxygen atoms in total. The van der Waals surface area contributed by atoms with Crippen molar-refractivity contribution in [2.24, 2.45) is 11.8 Å². The first-order valence-corrected chi connectivity index (χ1v) is 16.1. The van der Waals surface area contributed by atoms with E-state index in [1.165, 1.54) is 7.11 Å². The third-order valence-corrected chi connectivity index (χ3v) is 13.1. The van der Waals surface area contributed by atoms with Crippen LogP contribution in [0, 0.1) is 11.8 Å². The van der Waals surface area contributed by atoms with Gasteiger partial charge in [0.2, 0.25) is 0 Å². The Balaban J connectivity index is 1.37. The molecule has 2 aliphatic rings. The van der Waals surface area contributed by atoms with Crippen molar-refractivity contribution >= 4 is 36.8 Å². The number of benzene rings is 1. The lowest BCUT2D eigenvalue weighted by atomic mass is 9.82. The highest BCUT2D eigenvalue weighted by Gasteiger charge is 2.38. The topological polar surface area (TPSA) is 90.8 Å². The van der Waals surface area contributed by atoms with Crippen LogP contribution in [-0.2, 0) is 14.0 Å². The molecule has 0 unspecified atom stereocenters. The largest absolute Gasteiger partial charge is 0.469 e. The number of aromatic nitrogens is 1. The molecular weight excluding hydrogens is 458 g/mol. The fraction of sp³-hybridized carbons (Fsp3) is 0.704. The predicted octanol–water partition coefficient (Wildman–Crippen LogP) is 6.10. The van der Waals surface area contributed by atoms with Gasteiger partial charge in [0.25, 0.3) is 0 Å². The van der Waals surface area contributed by atoms with E-state index in [0.29, 0.717) is 5.92 Å². The van der Waals surface area contributed by atoms with Crippen molar-refractivity contribution in [3.63, 3.8) is 0 Å². The van der Waals surface area contributed by atoms with Gasteiger partial charge in [-0.25, -0.2) is 4.98 Å². The van der Waals surface area contributed by atoms with Crippen molar-refractivity contribution < 1.29 is 18.4 Å². The summed E-state index contributed by atoms with van der Waals surface area (Å²) in [5, 5.41) is 0.245. The minimum atomic E-state index is -1.71. The van der Waals surface area contributed by atoms with Crippen molar-refractivity contribution in [2.75, 3.05) is 37.4 Å². The number of nitrogen functional groups attached to an aromatic ring is 1. The average molecular weight is 502 g/mol. The third kappa shape index (κ3) is 5.69. The molecule has 0 spiro atoms. The van der Waals surface area contributed by atoms with Crippen LogP contribution in [0.2, 0.25) is 18.1 Å². The number of carbonyl (C=O) groups excluding carboxylic acids is 1. The molecule has 1 aromatic heterocycles. The van der Waals surface area contributed by atoms with E-state index in [-0.39, 0.29) is 22.8 Å².